The maximum Gasteiger partial charge on any atom is 0.308 e. The van der Waals surface area contributed by atoms with E-state index in [0.29, 0.717) is 12.5 Å². The van der Waals surface area contributed by atoms with Crippen LogP contribution >= 0.6 is 0 Å². The standard InChI is InChI=1S/C18H36O2/c1-5-7-9-10-12-14-17(13-11-8-6-2)15-20-18(19)16(3)4/h16-17H,5-15H2,1-4H3. The van der Waals surface area contributed by atoms with E-state index >= 15 is 0 Å². The third kappa shape index (κ3) is 11.3. The van der Waals surface area contributed by atoms with Crippen LogP contribution in [0.2, 0.25) is 0 Å². The van der Waals surface area contributed by atoms with Crippen LogP contribution < -0.4 is 0 Å². The maximum absolute atomic E-state index is 11.6. The second-order valence-electron chi connectivity index (χ2n) is 6.35. The Morgan fingerprint density at radius 2 is 1.35 bits per heavy atom. The zero-order chi connectivity index (χ0) is 15.2. The van der Waals surface area contributed by atoms with Crippen LogP contribution in [0.25, 0.3) is 0 Å². The van der Waals surface area contributed by atoms with E-state index in [0.717, 1.165) is 0 Å². The molecule has 0 aliphatic carbocycles. The van der Waals surface area contributed by atoms with Crippen molar-refractivity contribution in [1.29, 1.82) is 0 Å². The minimum absolute atomic E-state index is 0.00385. The predicted octanol–water partition coefficient (Wildman–Crippen LogP) is 5.74. The molecule has 0 amide bonds. The molecule has 0 aromatic rings. The van der Waals surface area contributed by atoms with Crippen LogP contribution in [0, 0.1) is 11.8 Å². The van der Waals surface area contributed by atoms with Gasteiger partial charge in [0.15, 0.2) is 0 Å². The molecule has 0 N–H and O–H groups in total. The van der Waals surface area contributed by atoms with E-state index < -0.39 is 0 Å². The van der Waals surface area contributed by atoms with Crippen LogP contribution in [0.3, 0.4) is 0 Å². The second-order valence-corrected chi connectivity index (χ2v) is 6.35. The fraction of sp³-hybridized carbons (Fsp3) is 0.944. The maximum atomic E-state index is 11.6. The Hall–Kier alpha value is -0.530. The number of hydrogen-bond acceptors (Lipinski definition) is 2. The monoisotopic (exact) mass is 284 g/mol. The quantitative estimate of drug-likeness (QED) is 0.318. The number of rotatable bonds is 13. The largest absolute Gasteiger partial charge is 0.465 e. The molecule has 0 rings (SSSR count). The topological polar surface area (TPSA) is 26.3 Å². The smallest absolute Gasteiger partial charge is 0.308 e. The fourth-order valence-corrected chi connectivity index (χ4v) is 2.40. The van der Waals surface area contributed by atoms with E-state index in [1.165, 1.54) is 64.2 Å². The molecule has 0 bridgehead atoms. The van der Waals surface area contributed by atoms with Crippen molar-refractivity contribution in [1.82, 2.24) is 0 Å². The Bertz CT molecular complexity index is 223. The van der Waals surface area contributed by atoms with Crippen molar-refractivity contribution in [3.8, 4) is 0 Å². The van der Waals surface area contributed by atoms with Crippen LogP contribution in [0.15, 0.2) is 0 Å². The molecule has 20 heavy (non-hydrogen) atoms. The first-order valence-corrected chi connectivity index (χ1v) is 8.78. The molecule has 0 saturated carbocycles. The van der Waals surface area contributed by atoms with Gasteiger partial charge in [0.05, 0.1) is 12.5 Å². The van der Waals surface area contributed by atoms with Crippen molar-refractivity contribution in [2.45, 2.75) is 91.9 Å². The molecule has 2 nitrogen and oxygen atoms in total. The molecule has 0 heterocycles. The minimum Gasteiger partial charge on any atom is -0.465 e. The highest BCUT2D eigenvalue weighted by Gasteiger charge is 2.14. The first-order valence-electron chi connectivity index (χ1n) is 8.78. The Balaban J connectivity index is 3.90. The van der Waals surface area contributed by atoms with Crippen molar-refractivity contribution in [3.05, 3.63) is 0 Å². The van der Waals surface area contributed by atoms with Crippen molar-refractivity contribution >= 4 is 5.97 Å². The minimum atomic E-state index is -0.0449. The Morgan fingerprint density at radius 1 is 0.850 bits per heavy atom. The molecular formula is C18H36O2. The van der Waals surface area contributed by atoms with Gasteiger partial charge in [-0.15, -0.1) is 0 Å². The summed E-state index contributed by atoms with van der Waals surface area (Å²) < 4.78 is 5.44. The lowest BCUT2D eigenvalue weighted by Gasteiger charge is -2.17. The fourth-order valence-electron chi connectivity index (χ4n) is 2.40. The van der Waals surface area contributed by atoms with E-state index in [2.05, 4.69) is 13.8 Å². The Kier molecular flexibility index (Phi) is 13.1. The summed E-state index contributed by atoms with van der Waals surface area (Å²) in [6.07, 6.45) is 12.9. The highest BCUT2D eigenvalue weighted by atomic mass is 16.5. The third-order valence-corrected chi connectivity index (χ3v) is 3.86. The van der Waals surface area contributed by atoms with Gasteiger partial charge in [0.25, 0.3) is 0 Å². The van der Waals surface area contributed by atoms with Gasteiger partial charge < -0.3 is 4.74 Å². The van der Waals surface area contributed by atoms with Gasteiger partial charge in [0, 0.05) is 0 Å². The third-order valence-electron chi connectivity index (χ3n) is 3.86. The number of carbonyl (C=O) groups excluding carboxylic acids is 1. The lowest BCUT2D eigenvalue weighted by atomic mass is 9.95. The molecule has 0 aromatic heterocycles. The molecule has 0 aromatic carbocycles. The molecule has 0 spiro atoms. The van der Waals surface area contributed by atoms with E-state index in [4.69, 9.17) is 4.74 Å². The number of ether oxygens (including phenoxy) is 1. The zero-order valence-corrected chi connectivity index (χ0v) is 14.2. The van der Waals surface area contributed by atoms with Crippen molar-refractivity contribution in [3.63, 3.8) is 0 Å². The van der Waals surface area contributed by atoms with Crippen LogP contribution in [-0.2, 0) is 9.53 Å². The van der Waals surface area contributed by atoms with Gasteiger partial charge in [-0.05, 0) is 18.8 Å². The summed E-state index contributed by atoms with van der Waals surface area (Å²) in [6, 6.07) is 0. The molecule has 0 saturated heterocycles. The predicted molar refractivity (Wildman–Crippen MR) is 86.8 cm³/mol. The van der Waals surface area contributed by atoms with Crippen LogP contribution in [0.5, 0.6) is 0 Å². The molecule has 0 aliphatic rings. The summed E-state index contributed by atoms with van der Waals surface area (Å²) in [5, 5.41) is 0. The lowest BCUT2D eigenvalue weighted by Crippen LogP contribution is -2.18. The molecule has 0 radical (unpaired) electrons. The normalized spacial score (nSPS) is 12.7. The second kappa shape index (κ2) is 13.5. The van der Waals surface area contributed by atoms with Gasteiger partial charge in [-0.25, -0.2) is 0 Å². The summed E-state index contributed by atoms with van der Waals surface area (Å²) in [4.78, 5) is 11.6. The number of hydrogen-bond donors (Lipinski definition) is 0. The summed E-state index contributed by atoms with van der Waals surface area (Å²) in [7, 11) is 0. The van der Waals surface area contributed by atoms with Crippen molar-refractivity contribution in [2.75, 3.05) is 6.61 Å². The number of esters is 1. The van der Waals surface area contributed by atoms with Gasteiger partial charge in [-0.1, -0.05) is 79.1 Å². The molecule has 0 aliphatic heterocycles. The van der Waals surface area contributed by atoms with E-state index in [9.17, 15) is 4.79 Å². The first-order chi connectivity index (χ1) is 9.61. The highest BCUT2D eigenvalue weighted by molar-refractivity contribution is 5.71. The van der Waals surface area contributed by atoms with Gasteiger partial charge in [-0.2, -0.15) is 0 Å². The van der Waals surface area contributed by atoms with E-state index in [1.54, 1.807) is 0 Å². The average Bonchev–Trinajstić information content (AvgIpc) is 2.43. The molecule has 2 heteroatoms. The SMILES string of the molecule is CCCCCCCC(CCCCC)COC(=O)C(C)C. The number of unbranched alkanes of at least 4 members (excludes halogenated alkanes) is 6. The molecular weight excluding hydrogens is 248 g/mol. The first kappa shape index (κ1) is 19.5. The van der Waals surface area contributed by atoms with Gasteiger partial charge >= 0.3 is 5.97 Å². The van der Waals surface area contributed by atoms with E-state index in [-0.39, 0.29) is 11.9 Å². The number of carbonyl (C=O) groups is 1. The summed E-state index contributed by atoms with van der Waals surface area (Å²) >= 11 is 0. The summed E-state index contributed by atoms with van der Waals surface area (Å²) in [5.74, 6) is 0.526. The van der Waals surface area contributed by atoms with Crippen molar-refractivity contribution < 1.29 is 9.53 Å². The summed E-state index contributed by atoms with van der Waals surface area (Å²) in [5.41, 5.74) is 0. The highest BCUT2D eigenvalue weighted by Crippen LogP contribution is 2.19. The van der Waals surface area contributed by atoms with Crippen LogP contribution in [0.4, 0.5) is 0 Å². The molecule has 1 atom stereocenters. The molecule has 1 unspecified atom stereocenters. The van der Waals surface area contributed by atoms with Gasteiger partial charge in [0.1, 0.15) is 0 Å². The lowest BCUT2D eigenvalue weighted by molar-refractivity contribution is -0.148. The Labute approximate surface area is 126 Å². The average molecular weight is 284 g/mol. The molecule has 0 fully saturated rings. The van der Waals surface area contributed by atoms with E-state index in [1.807, 2.05) is 13.8 Å². The Morgan fingerprint density at radius 3 is 1.90 bits per heavy atom. The van der Waals surface area contributed by atoms with Crippen molar-refractivity contribution in [2.24, 2.45) is 11.8 Å². The summed E-state index contributed by atoms with van der Waals surface area (Å²) in [6.45, 7) is 8.92. The zero-order valence-electron chi connectivity index (χ0n) is 14.2. The van der Waals surface area contributed by atoms with Crippen LogP contribution in [0.1, 0.15) is 91.9 Å². The van der Waals surface area contributed by atoms with Gasteiger partial charge in [-0.3, -0.25) is 4.79 Å². The van der Waals surface area contributed by atoms with Gasteiger partial charge in [0.2, 0.25) is 0 Å². The van der Waals surface area contributed by atoms with Crippen LogP contribution in [-0.4, -0.2) is 12.6 Å². The molecule has 120 valence electrons.